The van der Waals surface area contributed by atoms with Crippen LogP contribution in [0.25, 0.3) is 17.2 Å². The minimum absolute atomic E-state index is 0.00847. The molecule has 4 rings (SSSR count). The molecule has 1 atom stereocenters. The third kappa shape index (κ3) is 8.24. The number of aliphatic hydroxyl groups is 1. The maximum Gasteiger partial charge on any atom is 0.246 e. The molecule has 0 spiro atoms. The Morgan fingerprint density at radius 1 is 0.936 bits per heavy atom. The number of anilines is 1. The average Bonchev–Trinajstić information content (AvgIpc) is 3.43. The third-order valence-corrected chi connectivity index (χ3v) is 12.0. The first kappa shape index (κ1) is 36.1. The van der Waals surface area contributed by atoms with Crippen LogP contribution in [0.3, 0.4) is 0 Å². The third-order valence-electron chi connectivity index (χ3n) is 7.16. The van der Waals surface area contributed by atoms with Crippen LogP contribution in [0, 0.1) is 0 Å². The number of nitrogens with zero attached hydrogens (tertiary/aromatic N) is 5. The Labute approximate surface area is 281 Å². The monoisotopic (exact) mass is 723 g/mol. The first-order valence-electron chi connectivity index (χ1n) is 14.4. The zero-order valence-electron chi connectivity index (χ0n) is 27.1. The molecule has 0 unspecified atom stereocenters. The van der Waals surface area contributed by atoms with E-state index < -0.39 is 39.8 Å². The highest BCUT2D eigenvalue weighted by molar-refractivity contribution is 7.92. The molecule has 2 aromatic heterocycles. The van der Waals surface area contributed by atoms with Gasteiger partial charge in [-0.25, -0.2) is 26.1 Å². The van der Waals surface area contributed by atoms with Crippen LogP contribution in [0.5, 0.6) is 17.4 Å². The predicted octanol–water partition coefficient (Wildman–Crippen LogP) is 4.62. The molecular weight excluding hydrogens is 686 g/mol. The zero-order chi connectivity index (χ0) is 34.7. The van der Waals surface area contributed by atoms with Gasteiger partial charge in [0.25, 0.3) is 0 Å². The molecule has 4 aromatic rings. The summed E-state index contributed by atoms with van der Waals surface area (Å²) in [6, 6.07) is 14.5. The fraction of sp³-hybridized carbons (Fsp3) is 0.367. The van der Waals surface area contributed by atoms with Gasteiger partial charge in [-0.2, -0.15) is 0 Å². The second kappa shape index (κ2) is 14.2. The number of pyridine rings is 1. The van der Waals surface area contributed by atoms with E-state index in [-0.39, 0.29) is 33.8 Å². The summed E-state index contributed by atoms with van der Waals surface area (Å²) in [4.78, 5) is 4.24. The number of hydrogen-bond acceptors (Lipinski definition) is 11. The Hall–Kier alpha value is -3.70. The van der Waals surface area contributed by atoms with Gasteiger partial charge >= 0.3 is 0 Å². The minimum atomic E-state index is -4.44. The van der Waals surface area contributed by atoms with Crippen molar-refractivity contribution in [2.45, 2.75) is 36.7 Å². The van der Waals surface area contributed by atoms with E-state index in [0.717, 1.165) is 10.6 Å². The smallest absolute Gasteiger partial charge is 0.246 e. The molecule has 0 aliphatic heterocycles. The summed E-state index contributed by atoms with van der Waals surface area (Å²) in [5, 5.41) is 20.2. The molecule has 0 saturated carbocycles. The lowest BCUT2D eigenvalue weighted by Gasteiger charge is -2.28. The number of aromatic nitrogens is 4. The molecule has 2 aromatic carbocycles. The molecule has 17 heteroatoms. The molecule has 2 heterocycles. The van der Waals surface area contributed by atoms with E-state index in [0.29, 0.717) is 34.8 Å². The Morgan fingerprint density at radius 3 is 2.15 bits per heavy atom. The highest BCUT2D eigenvalue weighted by Gasteiger charge is 2.35. The number of para-hydroxylation sites is 1. The van der Waals surface area contributed by atoms with Crippen molar-refractivity contribution in [2.24, 2.45) is 0 Å². The predicted molar refractivity (Wildman–Crippen MR) is 183 cm³/mol. The SMILES string of the molecule is COc1cccc(-c2nnc(N(CC[Si](C)(C)C)S(=O)(=O)C[C@H](O)c3ccc(Cl)cc3S(C)(=O)=O)n2-c2c(OC)cccc2OC)n1. The summed E-state index contributed by atoms with van der Waals surface area (Å²) < 4.78 is 73.3. The molecule has 254 valence electrons. The van der Waals surface area contributed by atoms with Crippen molar-refractivity contribution >= 4 is 45.5 Å². The van der Waals surface area contributed by atoms with Gasteiger partial charge in [-0.3, -0.25) is 4.57 Å². The lowest BCUT2D eigenvalue weighted by Crippen LogP contribution is -2.40. The number of methoxy groups -OCH3 is 3. The van der Waals surface area contributed by atoms with Gasteiger partial charge in [0.15, 0.2) is 15.7 Å². The van der Waals surface area contributed by atoms with Gasteiger partial charge in [-0.1, -0.05) is 49.4 Å². The van der Waals surface area contributed by atoms with Crippen LogP contribution in [0.4, 0.5) is 5.95 Å². The number of sulfone groups is 1. The van der Waals surface area contributed by atoms with Crippen molar-refractivity contribution in [2.75, 3.05) is 44.2 Å². The number of ether oxygens (including phenoxy) is 3. The lowest BCUT2D eigenvalue weighted by molar-refractivity contribution is 0.198. The molecule has 13 nitrogen and oxygen atoms in total. The van der Waals surface area contributed by atoms with Crippen LogP contribution < -0.4 is 18.5 Å². The largest absolute Gasteiger partial charge is 0.494 e. The Bertz CT molecular complexity index is 1940. The van der Waals surface area contributed by atoms with Crippen molar-refractivity contribution in [1.29, 1.82) is 0 Å². The average molecular weight is 724 g/mol. The fourth-order valence-electron chi connectivity index (χ4n) is 4.80. The van der Waals surface area contributed by atoms with E-state index in [1.807, 2.05) is 0 Å². The lowest BCUT2D eigenvalue weighted by atomic mass is 10.1. The topological polar surface area (TPSA) is 163 Å². The Morgan fingerprint density at radius 2 is 1.57 bits per heavy atom. The normalized spacial score (nSPS) is 12.9. The van der Waals surface area contributed by atoms with Crippen LogP contribution in [0.2, 0.25) is 30.7 Å². The summed E-state index contributed by atoms with van der Waals surface area (Å²) >= 11 is 6.05. The van der Waals surface area contributed by atoms with Crippen molar-refractivity contribution < 1.29 is 36.2 Å². The highest BCUT2D eigenvalue weighted by atomic mass is 35.5. The molecule has 0 bridgehead atoms. The van der Waals surface area contributed by atoms with Crippen molar-refractivity contribution in [3.63, 3.8) is 0 Å². The van der Waals surface area contributed by atoms with Gasteiger partial charge in [0.2, 0.25) is 21.9 Å². The molecule has 0 saturated heterocycles. The van der Waals surface area contributed by atoms with Gasteiger partial charge < -0.3 is 19.3 Å². The first-order valence-corrected chi connectivity index (χ1v) is 22.0. The minimum Gasteiger partial charge on any atom is -0.494 e. The highest BCUT2D eigenvalue weighted by Crippen LogP contribution is 2.39. The van der Waals surface area contributed by atoms with E-state index in [9.17, 15) is 21.9 Å². The van der Waals surface area contributed by atoms with Crippen LogP contribution in [0.15, 0.2) is 59.5 Å². The number of halogens is 1. The molecule has 47 heavy (non-hydrogen) atoms. The van der Waals surface area contributed by atoms with E-state index >= 15 is 0 Å². The number of benzene rings is 2. The van der Waals surface area contributed by atoms with Crippen molar-refractivity contribution in [1.82, 2.24) is 19.7 Å². The Balaban J connectivity index is 1.98. The van der Waals surface area contributed by atoms with Crippen LogP contribution in [0.1, 0.15) is 11.7 Å². The van der Waals surface area contributed by atoms with E-state index in [2.05, 4.69) is 34.8 Å². The summed E-state index contributed by atoms with van der Waals surface area (Å²) in [6.45, 7) is 6.28. The Kier molecular flexibility index (Phi) is 10.9. The maximum atomic E-state index is 14.4. The van der Waals surface area contributed by atoms with Gasteiger partial charge in [0, 0.05) is 37.5 Å². The van der Waals surface area contributed by atoms with Gasteiger partial charge in [-0.15, -0.1) is 10.2 Å². The fourth-order valence-corrected chi connectivity index (χ4v) is 8.56. The second-order valence-corrected chi connectivity index (χ2v) is 21.8. The van der Waals surface area contributed by atoms with E-state index in [4.69, 9.17) is 25.8 Å². The quantitative estimate of drug-likeness (QED) is 0.181. The molecule has 0 aliphatic carbocycles. The number of sulfonamides is 1. The van der Waals surface area contributed by atoms with Crippen LogP contribution in [-0.4, -0.2) is 89.6 Å². The molecule has 0 amide bonds. The van der Waals surface area contributed by atoms with Crippen molar-refractivity contribution in [3.8, 4) is 34.6 Å². The molecule has 0 aliphatic rings. The number of rotatable bonds is 14. The van der Waals surface area contributed by atoms with Crippen LogP contribution >= 0.6 is 11.6 Å². The number of hydrogen-bond donors (Lipinski definition) is 1. The van der Waals surface area contributed by atoms with Crippen LogP contribution in [-0.2, 0) is 19.9 Å². The summed E-state index contributed by atoms with van der Waals surface area (Å²) in [5.74, 6) is 0.129. The number of aliphatic hydroxyl groups excluding tert-OH is 1. The van der Waals surface area contributed by atoms with Gasteiger partial charge in [0.1, 0.15) is 22.9 Å². The zero-order valence-corrected chi connectivity index (χ0v) is 30.5. The summed E-state index contributed by atoms with van der Waals surface area (Å²) in [5.41, 5.74) is 0.528. The van der Waals surface area contributed by atoms with Gasteiger partial charge in [0.05, 0.1) is 38.1 Å². The summed E-state index contributed by atoms with van der Waals surface area (Å²) in [6.07, 6.45) is -0.769. The maximum absolute atomic E-state index is 14.4. The standard InChI is InChI=1S/C30H38ClN5O8S2Si/c1-42-24-11-9-12-25(43-2)28(24)36-29(22-10-8-13-27(32-22)44-3)33-34-30(36)35(16-17-47(5,6)7)46(40,41)19-23(37)21-15-14-20(31)18-26(21)45(4,38)39/h8-15,18,23,37H,16-17,19H2,1-7H3/t23-/m0/s1. The second-order valence-electron chi connectivity index (χ2n) is 11.9. The van der Waals surface area contributed by atoms with Crippen molar-refractivity contribution in [3.05, 3.63) is 65.2 Å². The van der Waals surface area contributed by atoms with Gasteiger partial charge in [-0.05, 0) is 36.4 Å². The van der Waals surface area contributed by atoms with E-state index in [1.54, 1.807) is 36.4 Å². The molecule has 0 fully saturated rings. The molecular formula is C30H38ClN5O8S2Si. The first-order chi connectivity index (χ1) is 22.0. The summed E-state index contributed by atoms with van der Waals surface area (Å²) in [7, 11) is -5.78. The molecule has 1 N–H and O–H groups in total. The van der Waals surface area contributed by atoms with E-state index in [1.165, 1.54) is 44.1 Å². The molecule has 0 radical (unpaired) electrons.